The normalized spacial score (nSPS) is 14.4. The molecule has 3 N–H and O–H groups in total. The molecule has 0 aliphatic carbocycles. The van der Waals surface area contributed by atoms with Crippen molar-refractivity contribution >= 4 is 5.69 Å². The highest BCUT2D eigenvalue weighted by atomic mass is 16.3. The summed E-state index contributed by atoms with van der Waals surface area (Å²) in [5.74, 6) is 0. The lowest BCUT2D eigenvalue weighted by Crippen LogP contribution is -2.22. The lowest BCUT2D eigenvalue weighted by Gasteiger charge is -2.24. The van der Waals surface area contributed by atoms with E-state index in [4.69, 9.17) is 5.73 Å². The molecule has 0 saturated heterocycles. The van der Waals surface area contributed by atoms with E-state index in [1.807, 2.05) is 48.5 Å². The molecule has 2 heteroatoms. The quantitative estimate of drug-likeness (QED) is 0.753. The van der Waals surface area contributed by atoms with Crippen LogP contribution in [-0.2, 0) is 5.60 Å². The molecule has 1 atom stereocenters. The highest BCUT2D eigenvalue weighted by Crippen LogP contribution is 2.29. The van der Waals surface area contributed by atoms with Gasteiger partial charge in [-0.3, -0.25) is 0 Å². The van der Waals surface area contributed by atoms with Gasteiger partial charge in [0, 0.05) is 5.69 Å². The topological polar surface area (TPSA) is 46.2 Å². The van der Waals surface area contributed by atoms with Gasteiger partial charge >= 0.3 is 0 Å². The van der Waals surface area contributed by atoms with E-state index in [9.17, 15) is 5.11 Å². The molecule has 1 unspecified atom stereocenters. The molecule has 0 bridgehead atoms. The molecular formula is C14H15NO. The van der Waals surface area contributed by atoms with Gasteiger partial charge in [0.05, 0.1) is 0 Å². The molecule has 2 aromatic rings. The zero-order valence-corrected chi connectivity index (χ0v) is 9.22. The fourth-order valence-electron chi connectivity index (χ4n) is 1.77. The van der Waals surface area contributed by atoms with Crippen molar-refractivity contribution in [2.45, 2.75) is 12.5 Å². The maximum atomic E-state index is 10.5. The van der Waals surface area contributed by atoms with E-state index in [1.165, 1.54) is 0 Å². The Bertz CT molecular complexity index is 477. The Balaban J connectivity index is 2.47. The molecule has 0 aliphatic rings. The van der Waals surface area contributed by atoms with Crippen LogP contribution in [-0.4, -0.2) is 5.11 Å². The Labute approximate surface area is 95.4 Å². The molecular weight excluding hydrogens is 198 g/mol. The van der Waals surface area contributed by atoms with Gasteiger partial charge in [-0.1, -0.05) is 42.5 Å². The smallest absolute Gasteiger partial charge is 0.112 e. The molecule has 0 aliphatic heterocycles. The van der Waals surface area contributed by atoms with Crippen molar-refractivity contribution in [3.63, 3.8) is 0 Å². The van der Waals surface area contributed by atoms with Crippen molar-refractivity contribution in [2.75, 3.05) is 5.73 Å². The largest absolute Gasteiger partial charge is 0.399 e. The lowest BCUT2D eigenvalue weighted by molar-refractivity contribution is 0.102. The summed E-state index contributed by atoms with van der Waals surface area (Å²) in [5, 5.41) is 10.5. The first-order valence-electron chi connectivity index (χ1n) is 5.24. The standard InChI is InChI=1S/C14H15NO/c1-14(16,11-6-3-2-4-7-11)12-8-5-9-13(15)10-12/h2-10,16H,15H2,1H3. The van der Waals surface area contributed by atoms with E-state index in [1.54, 1.807) is 13.0 Å². The monoisotopic (exact) mass is 213 g/mol. The number of nitrogens with two attached hydrogens (primary N) is 1. The Kier molecular flexibility index (Phi) is 2.67. The first-order chi connectivity index (χ1) is 7.60. The summed E-state index contributed by atoms with van der Waals surface area (Å²) >= 11 is 0. The number of rotatable bonds is 2. The lowest BCUT2D eigenvalue weighted by atomic mass is 9.88. The predicted octanol–water partition coefficient (Wildman–Crippen LogP) is 2.52. The third-order valence-electron chi connectivity index (χ3n) is 2.78. The minimum atomic E-state index is -1.00. The van der Waals surface area contributed by atoms with E-state index in [2.05, 4.69) is 0 Å². The second-order valence-electron chi connectivity index (χ2n) is 4.06. The second-order valence-corrected chi connectivity index (χ2v) is 4.06. The Morgan fingerprint density at radius 3 is 2.19 bits per heavy atom. The number of benzene rings is 2. The first kappa shape index (κ1) is 10.7. The van der Waals surface area contributed by atoms with Crippen molar-refractivity contribution in [1.82, 2.24) is 0 Å². The Morgan fingerprint density at radius 1 is 0.938 bits per heavy atom. The molecule has 0 saturated carbocycles. The minimum absolute atomic E-state index is 0.661. The number of hydrogen-bond donors (Lipinski definition) is 2. The van der Waals surface area contributed by atoms with Crippen molar-refractivity contribution in [3.05, 3.63) is 65.7 Å². The maximum absolute atomic E-state index is 10.5. The number of nitrogen functional groups attached to an aromatic ring is 1. The minimum Gasteiger partial charge on any atom is -0.399 e. The molecule has 0 aromatic heterocycles. The van der Waals surface area contributed by atoms with E-state index < -0.39 is 5.60 Å². The van der Waals surface area contributed by atoms with Gasteiger partial charge in [-0.15, -0.1) is 0 Å². The van der Waals surface area contributed by atoms with Gasteiger partial charge in [0.25, 0.3) is 0 Å². The molecule has 0 fully saturated rings. The van der Waals surface area contributed by atoms with Crippen LogP contribution in [0.25, 0.3) is 0 Å². The van der Waals surface area contributed by atoms with Crippen LogP contribution in [0.1, 0.15) is 18.1 Å². The molecule has 2 rings (SSSR count). The van der Waals surface area contributed by atoms with Gasteiger partial charge in [-0.25, -0.2) is 0 Å². The van der Waals surface area contributed by atoms with Crippen molar-refractivity contribution in [1.29, 1.82) is 0 Å². The highest BCUT2D eigenvalue weighted by Gasteiger charge is 2.25. The fraction of sp³-hybridized carbons (Fsp3) is 0.143. The van der Waals surface area contributed by atoms with Gasteiger partial charge in [-0.05, 0) is 30.2 Å². The molecule has 2 nitrogen and oxygen atoms in total. The predicted molar refractivity (Wildman–Crippen MR) is 66.0 cm³/mol. The van der Waals surface area contributed by atoms with E-state index in [-0.39, 0.29) is 0 Å². The van der Waals surface area contributed by atoms with Crippen molar-refractivity contribution < 1.29 is 5.11 Å². The average molecular weight is 213 g/mol. The maximum Gasteiger partial charge on any atom is 0.112 e. The summed E-state index contributed by atoms with van der Waals surface area (Å²) in [6.07, 6.45) is 0. The van der Waals surface area contributed by atoms with E-state index in [0.717, 1.165) is 11.1 Å². The van der Waals surface area contributed by atoms with E-state index in [0.29, 0.717) is 5.69 Å². The number of anilines is 1. The van der Waals surface area contributed by atoms with Crippen LogP contribution >= 0.6 is 0 Å². The zero-order chi connectivity index (χ0) is 11.6. The summed E-state index contributed by atoms with van der Waals surface area (Å²) < 4.78 is 0. The zero-order valence-electron chi connectivity index (χ0n) is 9.22. The molecule has 0 spiro atoms. The molecule has 0 amide bonds. The number of hydrogen-bond acceptors (Lipinski definition) is 2. The van der Waals surface area contributed by atoms with Crippen LogP contribution in [0.5, 0.6) is 0 Å². The second kappa shape index (κ2) is 3.99. The third-order valence-corrected chi connectivity index (χ3v) is 2.78. The average Bonchev–Trinajstić information content (AvgIpc) is 2.30. The fourth-order valence-corrected chi connectivity index (χ4v) is 1.77. The SMILES string of the molecule is CC(O)(c1ccccc1)c1cccc(N)c1. The molecule has 16 heavy (non-hydrogen) atoms. The molecule has 0 radical (unpaired) electrons. The van der Waals surface area contributed by atoms with E-state index >= 15 is 0 Å². The molecule has 2 aromatic carbocycles. The number of aliphatic hydroxyl groups is 1. The molecule has 82 valence electrons. The summed E-state index contributed by atoms with van der Waals surface area (Å²) in [5.41, 5.74) is 7.05. The van der Waals surface area contributed by atoms with Crippen LogP contribution in [0.2, 0.25) is 0 Å². The van der Waals surface area contributed by atoms with Crippen LogP contribution in [0.15, 0.2) is 54.6 Å². The van der Waals surface area contributed by atoms with Crippen molar-refractivity contribution in [3.8, 4) is 0 Å². The highest BCUT2D eigenvalue weighted by molar-refractivity contribution is 5.45. The Hall–Kier alpha value is -1.80. The van der Waals surface area contributed by atoms with Crippen LogP contribution in [0, 0.1) is 0 Å². The van der Waals surface area contributed by atoms with Crippen LogP contribution in [0.3, 0.4) is 0 Å². The van der Waals surface area contributed by atoms with Gasteiger partial charge in [0.15, 0.2) is 0 Å². The summed E-state index contributed by atoms with van der Waals surface area (Å²) in [6, 6.07) is 16.9. The summed E-state index contributed by atoms with van der Waals surface area (Å²) in [7, 11) is 0. The third kappa shape index (κ3) is 1.92. The summed E-state index contributed by atoms with van der Waals surface area (Å²) in [4.78, 5) is 0. The van der Waals surface area contributed by atoms with Gasteiger partial charge in [0.2, 0.25) is 0 Å². The van der Waals surface area contributed by atoms with Crippen LogP contribution in [0.4, 0.5) is 5.69 Å². The van der Waals surface area contributed by atoms with Crippen molar-refractivity contribution in [2.24, 2.45) is 0 Å². The Morgan fingerprint density at radius 2 is 1.56 bits per heavy atom. The summed E-state index contributed by atoms with van der Waals surface area (Å²) in [6.45, 7) is 1.77. The van der Waals surface area contributed by atoms with Crippen LogP contribution < -0.4 is 5.73 Å². The van der Waals surface area contributed by atoms with Gasteiger partial charge < -0.3 is 10.8 Å². The molecule has 0 heterocycles. The van der Waals surface area contributed by atoms with Gasteiger partial charge in [-0.2, -0.15) is 0 Å². The first-order valence-corrected chi connectivity index (χ1v) is 5.24. The van der Waals surface area contributed by atoms with Gasteiger partial charge in [0.1, 0.15) is 5.60 Å².